The highest BCUT2D eigenvalue weighted by Gasteiger charge is 2.11. The second kappa shape index (κ2) is 6.44. The minimum absolute atomic E-state index is 0.0739. The molecule has 0 unspecified atom stereocenters. The van der Waals surface area contributed by atoms with Gasteiger partial charge in [0.05, 0.1) is 0 Å². The summed E-state index contributed by atoms with van der Waals surface area (Å²) in [5.41, 5.74) is 5.07. The Bertz CT molecular complexity index is 649. The lowest BCUT2D eigenvalue weighted by molar-refractivity contribution is 0.101. The van der Waals surface area contributed by atoms with Crippen LogP contribution in [0.4, 0.5) is 11.4 Å². The highest BCUT2D eigenvalue weighted by Crippen LogP contribution is 2.32. The van der Waals surface area contributed by atoms with Gasteiger partial charge in [-0.3, -0.25) is 4.79 Å². The van der Waals surface area contributed by atoms with Crippen LogP contribution in [-0.2, 0) is 0 Å². The molecule has 2 aromatic carbocycles. The number of ketones is 1. The van der Waals surface area contributed by atoms with E-state index in [-0.39, 0.29) is 5.78 Å². The second-order valence-electron chi connectivity index (χ2n) is 5.10. The normalized spacial score (nSPS) is 10.3. The predicted molar refractivity (Wildman–Crippen MR) is 90.4 cm³/mol. The van der Waals surface area contributed by atoms with Crippen LogP contribution < -0.4 is 10.2 Å². The van der Waals surface area contributed by atoms with E-state index < -0.39 is 0 Å². The Morgan fingerprint density at radius 3 is 2.52 bits per heavy atom. The molecule has 21 heavy (non-hydrogen) atoms. The average Bonchev–Trinajstić information content (AvgIpc) is 2.53. The van der Waals surface area contributed by atoms with E-state index in [4.69, 9.17) is 0 Å². The minimum Gasteiger partial charge on any atom is -0.388 e. The van der Waals surface area contributed by atoms with Crippen molar-refractivity contribution in [3.8, 4) is 11.1 Å². The molecule has 1 N–H and O–H groups in total. The molecule has 2 aromatic rings. The van der Waals surface area contributed by atoms with E-state index in [9.17, 15) is 4.79 Å². The Labute approximate surface area is 126 Å². The van der Waals surface area contributed by atoms with Gasteiger partial charge >= 0.3 is 0 Å². The van der Waals surface area contributed by atoms with Crippen molar-refractivity contribution in [1.82, 2.24) is 0 Å². The SMILES string of the molecule is CCN(C)c1ccccc1-c1ccc(C(C)=O)c(NC)c1. The number of para-hydroxylation sites is 1. The molecule has 0 amide bonds. The molecule has 0 aliphatic heterocycles. The van der Waals surface area contributed by atoms with Crippen LogP contribution in [0.3, 0.4) is 0 Å². The summed E-state index contributed by atoms with van der Waals surface area (Å²) in [5.74, 6) is 0.0739. The van der Waals surface area contributed by atoms with Crippen molar-refractivity contribution >= 4 is 17.2 Å². The number of carbonyl (C=O) groups excluding carboxylic acids is 1. The van der Waals surface area contributed by atoms with E-state index in [1.54, 1.807) is 6.92 Å². The molecule has 0 fully saturated rings. The summed E-state index contributed by atoms with van der Waals surface area (Å²) in [4.78, 5) is 13.9. The number of nitrogens with one attached hydrogen (secondary N) is 1. The number of rotatable bonds is 5. The van der Waals surface area contributed by atoms with E-state index in [2.05, 4.69) is 36.3 Å². The molecule has 0 aromatic heterocycles. The Morgan fingerprint density at radius 1 is 1.19 bits per heavy atom. The Morgan fingerprint density at radius 2 is 1.90 bits per heavy atom. The third-order valence-corrected chi connectivity index (χ3v) is 3.77. The minimum atomic E-state index is 0.0739. The summed E-state index contributed by atoms with van der Waals surface area (Å²) < 4.78 is 0. The van der Waals surface area contributed by atoms with Gasteiger partial charge in [-0.15, -0.1) is 0 Å². The lowest BCUT2D eigenvalue weighted by atomic mass is 9.99. The molecule has 0 atom stereocenters. The summed E-state index contributed by atoms with van der Waals surface area (Å²) in [5, 5.41) is 3.12. The zero-order chi connectivity index (χ0) is 15.4. The van der Waals surface area contributed by atoms with Crippen molar-refractivity contribution in [3.05, 3.63) is 48.0 Å². The number of Topliss-reactive ketones (excluding diaryl/α,β-unsaturated/α-hetero) is 1. The first-order chi connectivity index (χ1) is 10.1. The molecule has 0 saturated carbocycles. The third kappa shape index (κ3) is 3.07. The van der Waals surface area contributed by atoms with Gasteiger partial charge in [0.25, 0.3) is 0 Å². The van der Waals surface area contributed by atoms with Crippen LogP contribution in [-0.4, -0.2) is 26.4 Å². The largest absolute Gasteiger partial charge is 0.388 e. The first-order valence-electron chi connectivity index (χ1n) is 7.21. The number of nitrogens with zero attached hydrogens (tertiary/aromatic N) is 1. The highest BCUT2D eigenvalue weighted by molar-refractivity contribution is 6.00. The van der Waals surface area contributed by atoms with Gasteiger partial charge in [-0.2, -0.15) is 0 Å². The van der Waals surface area contributed by atoms with Crippen molar-refractivity contribution < 1.29 is 4.79 Å². The van der Waals surface area contributed by atoms with Crippen LogP contribution in [0.1, 0.15) is 24.2 Å². The fourth-order valence-corrected chi connectivity index (χ4v) is 2.45. The molecule has 0 radical (unpaired) electrons. The topological polar surface area (TPSA) is 32.3 Å². The Kier molecular flexibility index (Phi) is 4.63. The molecule has 0 spiro atoms. The Hall–Kier alpha value is -2.29. The highest BCUT2D eigenvalue weighted by atomic mass is 16.1. The van der Waals surface area contributed by atoms with Crippen LogP contribution in [0.15, 0.2) is 42.5 Å². The maximum atomic E-state index is 11.6. The summed E-state index contributed by atoms with van der Waals surface area (Å²) >= 11 is 0. The average molecular weight is 282 g/mol. The molecular weight excluding hydrogens is 260 g/mol. The molecule has 0 heterocycles. The summed E-state index contributed by atoms with van der Waals surface area (Å²) in [6.45, 7) is 4.67. The third-order valence-electron chi connectivity index (χ3n) is 3.77. The molecule has 0 saturated heterocycles. The van der Waals surface area contributed by atoms with Crippen LogP contribution >= 0.6 is 0 Å². The summed E-state index contributed by atoms with van der Waals surface area (Å²) in [6.07, 6.45) is 0. The van der Waals surface area contributed by atoms with E-state index >= 15 is 0 Å². The maximum absolute atomic E-state index is 11.6. The lowest BCUT2D eigenvalue weighted by Crippen LogP contribution is -2.16. The fraction of sp³-hybridized carbons (Fsp3) is 0.278. The first kappa shape index (κ1) is 15.1. The van der Waals surface area contributed by atoms with Gasteiger partial charge in [-0.05, 0) is 37.6 Å². The van der Waals surface area contributed by atoms with Crippen LogP contribution in [0.2, 0.25) is 0 Å². The number of anilines is 2. The van der Waals surface area contributed by atoms with Gasteiger partial charge in [-0.25, -0.2) is 0 Å². The van der Waals surface area contributed by atoms with Crippen LogP contribution in [0.25, 0.3) is 11.1 Å². The first-order valence-corrected chi connectivity index (χ1v) is 7.21. The zero-order valence-corrected chi connectivity index (χ0v) is 13.1. The van der Waals surface area contributed by atoms with Crippen molar-refractivity contribution in [2.24, 2.45) is 0 Å². The smallest absolute Gasteiger partial charge is 0.161 e. The zero-order valence-electron chi connectivity index (χ0n) is 13.1. The van der Waals surface area contributed by atoms with E-state index in [1.165, 1.54) is 11.3 Å². The molecular formula is C18H22N2O. The molecule has 110 valence electrons. The second-order valence-corrected chi connectivity index (χ2v) is 5.10. The van der Waals surface area contributed by atoms with Gasteiger partial charge in [0.1, 0.15) is 0 Å². The molecule has 0 aliphatic rings. The lowest BCUT2D eigenvalue weighted by Gasteiger charge is -2.21. The van der Waals surface area contributed by atoms with Crippen LogP contribution in [0, 0.1) is 0 Å². The van der Waals surface area contributed by atoms with Gasteiger partial charge in [0.2, 0.25) is 0 Å². The summed E-state index contributed by atoms with van der Waals surface area (Å²) in [7, 11) is 3.93. The van der Waals surface area contributed by atoms with Gasteiger partial charge in [-0.1, -0.05) is 24.3 Å². The standard InChI is InChI=1S/C18H22N2O/c1-5-20(4)18-9-7-6-8-16(18)14-10-11-15(13(2)21)17(12-14)19-3/h6-12,19H,5H2,1-4H3. The van der Waals surface area contributed by atoms with Crippen LogP contribution in [0.5, 0.6) is 0 Å². The Balaban J connectivity index is 2.55. The predicted octanol–water partition coefficient (Wildman–Crippen LogP) is 4.05. The monoisotopic (exact) mass is 282 g/mol. The summed E-state index contributed by atoms with van der Waals surface area (Å²) in [6, 6.07) is 14.3. The van der Waals surface area contributed by atoms with E-state index in [0.717, 1.165) is 23.4 Å². The molecule has 0 bridgehead atoms. The van der Waals surface area contributed by atoms with E-state index in [0.29, 0.717) is 0 Å². The van der Waals surface area contributed by atoms with Crippen molar-refractivity contribution in [2.45, 2.75) is 13.8 Å². The number of benzene rings is 2. The molecule has 2 rings (SSSR count). The number of hydrogen-bond acceptors (Lipinski definition) is 3. The van der Waals surface area contributed by atoms with Gasteiger partial charge in [0, 0.05) is 43.1 Å². The fourth-order valence-electron chi connectivity index (χ4n) is 2.45. The quantitative estimate of drug-likeness (QED) is 0.840. The molecule has 3 heteroatoms. The van der Waals surface area contributed by atoms with Gasteiger partial charge < -0.3 is 10.2 Å². The number of carbonyl (C=O) groups is 1. The van der Waals surface area contributed by atoms with Gasteiger partial charge in [0.15, 0.2) is 5.78 Å². The van der Waals surface area contributed by atoms with Crippen molar-refractivity contribution in [1.29, 1.82) is 0 Å². The van der Waals surface area contributed by atoms with E-state index in [1.807, 2.05) is 37.4 Å². The van der Waals surface area contributed by atoms with Crippen molar-refractivity contribution in [2.75, 3.05) is 30.9 Å². The van der Waals surface area contributed by atoms with Crippen molar-refractivity contribution in [3.63, 3.8) is 0 Å². The number of hydrogen-bond donors (Lipinski definition) is 1. The molecule has 3 nitrogen and oxygen atoms in total. The maximum Gasteiger partial charge on any atom is 0.161 e. The molecule has 0 aliphatic carbocycles.